The summed E-state index contributed by atoms with van der Waals surface area (Å²) < 4.78 is 65.7. The van der Waals surface area contributed by atoms with Crippen LogP contribution in [-0.2, 0) is 5.41 Å². The molecule has 1 aliphatic heterocycles. The van der Waals surface area contributed by atoms with Crippen molar-refractivity contribution in [3.05, 3.63) is 217 Å². The Balaban J connectivity index is 1.05. The van der Waals surface area contributed by atoms with Crippen LogP contribution in [0.4, 0.5) is 0 Å². The van der Waals surface area contributed by atoms with E-state index in [1.165, 1.54) is 0 Å². The van der Waals surface area contributed by atoms with Crippen LogP contribution >= 0.6 is 0 Å². The molecule has 1 N–H and O–H groups in total. The number of para-hydroxylation sites is 6. The monoisotopic (exact) mass is 844 g/mol. The number of imidazole rings is 2. The van der Waals surface area contributed by atoms with Gasteiger partial charge < -0.3 is 4.74 Å². The van der Waals surface area contributed by atoms with E-state index in [-0.39, 0.29) is 16.9 Å². The Kier molecular flexibility index (Phi) is 6.64. The van der Waals surface area contributed by atoms with E-state index >= 15 is 0 Å². The maximum atomic E-state index is 9.03. The Hall–Kier alpha value is -7.73. The molecule has 0 fully saturated rings. The average Bonchev–Trinajstić information content (AvgIpc) is 3.91. The molecule has 1 unspecified atom stereocenters. The zero-order valence-corrected chi connectivity index (χ0v) is 35.9. The SMILES string of the molecule is [2H]C([2H])([2H])C1(C([2H])([2H])[2H])c2ccccc2Oc2c1cccc2[Si](C)(c1ccccc1)c1ccc2c(c1)-c1ccccc1-c1ccc(-[n+]3c4ccccc4n4c5ccccc5[nH]c43)cc1-c1ccccc1-2. The third-order valence-corrected chi connectivity index (χ3v) is 18.3. The van der Waals surface area contributed by atoms with E-state index in [9.17, 15) is 0 Å². The first-order valence-electron chi connectivity index (χ1n) is 24.8. The average molecular weight is 845 g/mol. The number of aromatic nitrogens is 3. The molecule has 3 heterocycles. The van der Waals surface area contributed by atoms with Gasteiger partial charge in [-0.3, -0.25) is 0 Å². The van der Waals surface area contributed by atoms with Crippen molar-refractivity contribution in [2.24, 2.45) is 0 Å². The van der Waals surface area contributed by atoms with Crippen LogP contribution in [0.1, 0.15) is 33.1 Å². The summed E-state index contributed by atoms with van der Waals surface area (Å²) in [5, 5.41) is 2.92. The van der Waals surface area contributed by atoms with Gasteiger partial charge in [0, 0.05) is 24.8 Å². The molecular formula is C59H44N3OSi+. The van der Waals surface area contributed by atoms with Gasteiger partial charge in [-0.05, 0) is 103 Å². The van der Waals surface area contributed by atoms with Crippen LogP contribution in [0.3, 0.4) is 0 Å². The highest BCUT2D eigenvalue weighted by Gasteiger charge is 2.43. The molecule has 0 amide bonds. The molecule has 13 rings (SSSR count). The lowest BCUT2D eigenvalue weighted by atomic mass is 9.76. The lowest BCUT2D eigenvalue weighted by molar-refractivity contribution is -0.540. The molecule has 9 aromatic carbocycles. The summed E-state index contributed by atoms with van der Waals surface area (Å²) in [5.74, 6) is 1.51. The minimum Gasteiger partial charge on any atom is -0.457 e. The fourth-order valence-corrected chi connectivity index (χ4v) is 14.5. The predicted octanol–water partition coefficient (Wildman–Crippen LogP) is 12.4. The highest BCUT2D eigenvalue weighted by atomic mass is 28.3. The Bertz CT molecular complexity index is 3930. The maximum Gasteiger partial charge on any atom is 0.373 e. The van der Waals surface area contributed by atoms with Crippen LogP contribution in [0, 0.1) is 0 Å². The van der Waals surface area contributed by atoms with Crippen molar-refractivity contribution in [2.75, 3.05) is 0 Å². The number of benzene rings is 9. The Morgan fingerprint density at radius 1 is 0.516 bits per heavy atom. The van der Waals surface area contributed by atoms with Crippen LogP contribution < -0.4 is 24.9 Å². The molecule has 0 bridgehead atoms. The third kappa shape index (κ3) is 5.13. The van der Waals surface area contributed by atoms with E-state index in [0.29, 0.717) is 5.75 Å². The first-order chi connectivity index (χ1) is 33.9. The topological polar surface area (TPSA) is 33.3 Å². The Morgan fingerprint density at radius 2 is 1.11 bits per heavy atom. The summed E-state index contributed by atoms with van der Waals surface area (Å²) in [5.41, 5.74) is 12.1. The Labute approximate surface area is 381 Å². The summed E-state index contributed by atoms with van der Waals surface area (Å²) in [6, 6.07) is 70.4. The van der Waals surface area contributed by atoms with Gasteiger partial charge in [0.05, 0.1) is 0 Å². The quantitative estimate of drug-likeness (QED) is 0.107. The van der Waals surface area contributed by atoms with Gasteiger partial charge in [-0.2, -0.15) is 8.97 Å². The van der Waals surface area contributed by atoms with Gasteiger partial charge in [0.1, 0.15) is 47.3 Å². The van der Waals surface area contributed by atoms with E-state index in [4.69, 9.17) is 13.0 Å². The van der Waals surface area contributed by atoms with Crippen molar-refractivity contribution >= 4 is 51.5 Å². The summed E-state index contributed by atoms with van der Waals surface area (Å²) in [4.78, 5) is 3.74. The fourth-order valence-electron chi connectivity index (χ4n) is 10.7. The fraction of sp³-hybridized carbons (Fsp3) is 0.0678. The van der Waals surface area contributed by atoms with Gasteiger partial charge in [-0.25, -0.2) is 4.98 Å². The normalized spacial score (nSPS) is 16.0. The van der Waals surface area contributed by atoms with Crippen molar-refractivity contribution in [1.29, 1.82) is 0 Å². The smallest absolute Gasteiger partial charge is 0.373 e. The molecule has 4 nitrogen and oxygen atoms in total. The van der Waals surface area contributed by atoms with E-state index in [0.717, 1.165) is 93.6 Å². The van der Waals surface area contributed by atoms with Gasteiger partial charge >= 0.3 is 5.78 Å². The lowest BCUT2D eigenvalue weighted by Gasteiger charge is -2.39. The standard InChI is InChI=1S/C59H43N3OSi/c1-59(2)49-24-11-16-30-55(49)63-57-50(59)25-17-31-56(57)64(3,39-18-5-4-6-19-39)40-33-35-46-41-20-7-9-22-43(41)47-36-38(32-34-45(47)42-21-8-10-23-44(42)48(46)37-40)61-53-28-14-15-29-54(53)62-52-27-13-12-26-51(52)60-58(61)62/h4-37H,1-3H3/p+1/i1D3,2D3. The van der Waals surface area contributed by atoms with Crippen LogP contribution in [0.25, 0.3) is 78.0 Å². The van der Waals surface area contributed by atoms with Crippen LogP contribution in [0.2, 0.25) is 6.55 Å². The molecule has 2 aliphatic rings. The van der Waals surface area contributed by atoms with Gasteiger partial charge in [0.2, 0.25) is 0 Å². The van der Waals surface area contributed by atoms with Crippen LogP contribution in [0.5, 0.6) is 11.5 Å². The summed E-state index contributed by atoms with van der Waals surface area (Å²) in [6.07, 6.45) is 0. The number of hydrogen-bond donors (Lipinski definition) is 1. The number of ether oxygens (including phenoxy) is 1. The second-order valence-electron chi connectivity index (χ2n) is 17.2. The molecule has 304 valence electrons. The third-order valence-electron chi connectivity index (χ3n) is 13.9. The minimum absolute atomic E-state index is 0.137. The predicted molar refractivity (Wildman–Crippen MR) is 266 cm³/mol. The molecule has 1 aliphatic carbocycles. The van der Waals surface area contributed by atoms with Crippen molar-refractivity contribution in [3.63, 3.8) is 0 Å². The van der Waals surface area contributed by atoms with E-state index in [1.54, 1.807) is 30.3 Å². The molecule has 5 heteroatoms. The van der Waals surface area contributed by atoms with Gasteiger partial charge in [0.15, 0.2) is 0 Å². The second-order valence-corrected chi connectivity index (χ2v) is 21.2. The highest BCUT2D eigenvalue weighted by molar-refractivity contribution is 7.11. The van der Waals surface area contributed by atoms with Crippen LogP contribution in [0.15, 0.2) is 206 Å². The molecular weight excluding hydrogens is 795 g/mol. The summed E-state index contributed by atoms with van der Waals surface area (Å²) in [7, 11) is -3.23. The maximum absolute atomic E-state index is 9.03. The molecule has 2 aromatic heterocycles. The first-order valence-corrected chi connectivity index (χ1v) is 24.3. The molecule has 1 atom stereocenters. The number of H-pyrrole nitrogens is 1. The molecule has 64 heavy (non-hydrogen) atoms. The largest absolute Gasteiger partial charge is 0.457 e. The van der Waals surface area contributed by atoms with E-state index in [2.05, 4.69) is 166 Å². The molecule has 0 radical (unpaired) electrons. The number of nitrogens with one attached hydrogen (secondary N) is 1. The van der Waals surface area contributed by atoms with Crippen molar-refractivity contribution in [1.82, 2.24) is 9.38 Å². The molecule has 0 spiro atoms. The number of hydrogen-bond acceptors (Lipinski definition) is 1. The summed E-state index contributed by atoms with van der Waals surface area (Å²) in [6.45, 7) is -3.64. The minimum atomic E-state index is -3.23. The van der Waals surface area contributed by atoms with Gasteiger partial charge in [-0.1, -0.05) is 184 Å². The highest BCUT2D eigenvalue weighted by Crippen LogP contribution is 2.49. The van der Waals surface area contributed by atoms with E-state index < -0.39 is 27.2 Å². The Morgan fingerprint density at radius 3 is 1.88 bits per heavy atom. The van der Waals surface area contributed by atoms with Crippen molar-refractivity contribution < 1.29 is 17.5 Å². The zero-order valence-electron chi connectivity index (χ0n) is 40.9. The number of fused-ring (bicyclic) bond motifs is 15. The van der Waals surface area contributed by atoms with Crippen LogP contribution in [-0.4, -0.2) is 17.5 Å². The lowest BCUT2D eigenvalue weighted by Crippen LogP contribution is -2.65. The molecule has 0 saturated heterocycles. The number of nitrogens with zero attached hydrogens (tertiary/aromatic N) is 2. The van der Waals surface area contributed by atoms with E-state index in [1.807, 2.05) is 30.3 Å². The van der Waals surface area contributed by atoms with Crippen molar-refractivity contribution in [3.8, 4) is 61.7 Å². The number of aromatic amines is 1. The number of rotatable bonds is 4. The second kappa shape index (κ2) is 13.6. The van der Waals surface area contributed by atoms with Gasteiger partial charge in [-0.15, -0.1) is 0 Å². The molecule has 0 saturated carbocycles. The molecule has 11 aromatic rings. The zero-order chi connectivity index (χ0) is 47.7. The first kappa shape index (κ1) is 31.2. The van der Waals surface area contributed by atoms with Crippen molar-refractivity contribution in [2.45, 2.75) is 25.7 Å². The summed E-state index contributed by atoms with van der Waals surface area (Å²) >= 11 is 0. The van der Waals surface area contributed by atoms with Gasteiger partial charge in [0.25, 0.3) is 0 Å².